The van der Waals surface area contributed by atoms with E-state index in [0.29, 0.717) is 17.2 Å². The zero-order valence-electron chi connectivity index (χ0n) is 16.0. The van der Waals surface area contributed by atoms with E-state index in [4.69, 9.17) is 0 Å². The summed E-state index contributed by atoms with van der Waals surface area (Å²) in [6.07, 6.45) is 7.37. The minimum absolute atomic E-state index is 0.0835. The normalized spacial score (nSPS) is 27.1. The van der Waals surface area contributed by atoms with E-state index in [1.807, 2.05) is 10.3 Å². The van der Waals surface area contributed by atoms with Crippen LogP contribution in [0.3, 0.4) is 0 Å². The Balaban J connectivity index is 1.35. The van der Waals surface area contributed by atoms with Gasteiger partial charge in [0, 0.05) is 49.2 Å². The summed E-state index contributed by atoms with van der Waals surface area (Å²) in [5, 5.41) is 5.94. The molecule has 0 aromatic carbocycles. The molecule has 2 bridgehead atoms. The van der Waals surface area contributed by atoms with E-state index in [9.17, 15) is 9.59 Å². The molecule has 3 fully saturated rings. The molecule has 1 N–H and O–H groups in total. The average Bonchev–Trinajstić information content (AvgIpc) is 3.30. The van der Waals surface area contributed by atoms with Crippen molar-refractivity contribution in [1.29, 1.82) is 0 Å². The van der Waals surface area contributed by atoms with Crippen molar-refractivity contribution in [2.45, 2.75) is 38.1 Å². The number of pyridine rings is 1. The number of nitrogens with zero attached hydrogens (tertiary/aromatic N) is 3. The highest BCUT2D eigenvalue weighted by atomic mass is 32.1. The third kappa shape index (κ3) is 3.42. The summed E-state index contributed by atoms with van der Waals surface area (Å²) in [7, 11) is 0. The van der Waals surface area contributed by atoms with Crippen molar-refractivity contribution in [3.63, 3.8) is 0 Å². The SMILES string of the molecule is O=C(N[C@@H]1C[C@@H]2CCN(C2)C1)c1cc2c(C(=O)N3CCCCC3)csc2cn1. The van der Waals surface area contributed by atoms with Crippen LogP contribution in [0.25, 0.3) is 10.1 Å². The molecule has 28 heavy (non-hydrogen) atoms. The number of piperidine rings is 2. The fourth-order valence-corrected chi connectivity index (χ4v) is 5.80. The number of rotatable bonds is 3. The van der Waals surface area contributed by atoms with Gasteiger partial charge in [0.1, 0.15) is 5.69 Å². The van der Waals surface area contributed by atoms with Gasteiger partial charge in [-0.1, -0.05) is 0 Å². The molecule has 2 aromatic rings. The van der Waals surface area contributed by atoms with Crippen molar-refractivity contribution in [2.75, 3.05) is 32.7 Å². The van der Waals surface area contributed by atoms with E-state index in [1.165, 1.54) is 30.7 Å². The van der Waals surface area contributed by atoms with Crippen molar-refractivity contribution in [3.05, 3.63) is 28.9 Å². The largest absolute Gasteiger partial charge is 0.347 e. The number of fused-ring (bicyclic) bond motifs is 3. The van der Waals surface area contributed by atoms with Crippen LogP contribution in [0.1, 0.15) is 53.0 Å². The maximum atomic E-state index is 13.0. The molecular formula is C21H26N4O2S. The Kier molecular flexibility index (Phi) is 4.80. The molecule has 0 saturated carbocycles. The van der Waals surface area contributed by atoms with E-state index in [-0.39, 0.29) is 17.9 Å². The lowest BCUT2D eigenvalue weighted by Crippen LogP contribution is -2.47. The van der Waals surface area contributed by atoms with E-state index < -0.39 is 0 Å². The molecule has 5 heterocycles. The highest BCUT2D eigenvalue weighted by Gasteiger charge is 2.33. The van der Waals surface area contributed by atoms with Crippen LogP contribution in [-0.4, -0.2) is 65.4 Å². The number of hydrogen-bond donors (Lipinski definition) is 1. The second-order valence-electron chi connectivity index (χ2n) is 8.39. The van der Waals surface area contributed by atoms with Crippen molar-refractivity contribution < 1.29 is 9.59 Å². The van der Waals surface area contributed by atoms with Crippen LogP contribution in [0.2, 0.25) is 0 Å². The Morgan fingerprint density at radius 1 is 1.14 bits per heavy atom. The summed E-state index contributed by atoms with van der Waals surface area (Å²) in [4.78, 5) is 34.5. The van der Waals surface area contributed by atoms with Gasteiger partial charge in [-0.3, -0.25) is 9.59 Å². The Morgan fingerprint density at radius 2 is 2.00 bits per heavy atom. The summed E-state index contributed by atoms with van der Waals surface area (Å²) in [6, 6.07) is 2.00. The van der Waals surface area contributed by atoms with Gasteiger partial charge in [-0.2, -0.15) is 0 Å². The second-order valence-corrected chi connectivity index (χ2v) is 9.30. The quantitative estimate of drug-likeness (QED) is 0.863. The van der Waals surface area contributed by atoms with Gasteiger partial charge in [-0.15, -0.1) is 11.3 Å². The first-order chi connectivity index (χ1) is 13.7. The number of thiophene rings is 1. The first kappa shape index (κ1) is 18.1. The maximum absolute atomic E-state index is 13.0. The number of hydrogen-bond acceptors (Lipinski definition) is 5. The average molecular weight is 399 g/mol. The summed E-state index contributed by atoms with van der Waals surface area (Å²) in [5.74, 6) is 0.664. The number of amides is 2. The summed E-state index contributed by atoms with van der Waals surface area (Å²) >= 11 is 1.52. The minimum Gasteiger partial charge on any atom is -0.347 e. The Hall–Kier alpha value is -1.99. The molecule has 3 atom stereocenters. The molecule has 0 aliphatic carbocycles. The van der Waals surface area contributed by atoms with Gasteiger partial charge in [0.2, 0.25) is 0 Å². The van der Waals surface area contributed by atoms with Gasteiger partial charge >= 0.3 is 0 Å². The first-order valence-electron chi connectivity index (χ1n) is 10.4. The first-order valence-corrected chi connectivity index (χ1v) is 11.2. The summed E-state index contributed by atoms with van der Waals surface area (Å²) in [5.41, 5.74) is 1.12. The Labute approximate surface area is 168 Å². The third-order valence-electron chi connectivity index (χ3n) is 6.37. The minimum atomic E-state index is -0.128. The van der Waals surface area contributed by atoms with Gasteiger partial charge in [0.05, 0.1) is 10.3 Å². The van der Waals surface area contributed by atoms with Crippen LogP contribution in [0.4, 0.5) is 0 Å². The summed E-state index contributed by atoms with van der Waals surface area (Å²) in [6.45, 7) is 4.91. The smallest absolute Gasteiger partial charge is 0.270 e. The number of carbonyl (C=O) groups excluding carboxylic acids is 2. The van der Waals surface area contributed by atoms with E-state index in [2.05, 4.69) is 15.2 Å². The van der Waals surface area contributed by atoms with Crippen LogP contribution >= 0.6 is 11.3 Å². The fourth-order valence-electron chi connectivity index (χ4n) is 4.91. The zero-order valence-corrected chi connectivity index (χ0v) is 16.8. The lowest BCUT2D eigenvalue weighted by Gasteiger charge is -2.30. The van der Waals surface area contributed by atoms with Crippen molar-refractivity contribution in [2.24, 2.45) is 5.92 Å². The molecule has 3 aliphatic rings. The zero-order chi connectivity index (χ0) is 19.1. The number of nitrogens with one attached hydrogen (secondary N) is 1. The van der Waals surface area contributed by atoms with Crippen LogP contribution in [0, 0.1) is 5.92 Å². The van der Waals surface area contributed by atoms with Crippen molar-refractivity contribution in [3.8, 4) is 0 Å². The molecule has 6 nitrogen and oxygen atoms in total. The maximum Gasteiger partial charge on any atom is 0.270 e. The lowest BCUT2D eigenvalue weighted by molar-refractivity contribution is 0.0726. The van der Waals surface area contributed by atoms with Crippen LogP contribution < -0.4 is 5.32 Å². The highest BCUT2D eigenvalue weighted by Crippen LogP contribution is 2.29. The highest BCUT2D eigenvalue weighted by molar-refractivity contribution is 7.17. The number of carbonyl (C=O) groups is 2. The number of likely N-dealkylation sites (tertiary alicyclic amines) is 1. The van der Waals surface area contributed by atoms with Crippen molar-refractivity contribution >= 4 is 33.2 Å². The molecule has 5 rings (SSSR count). The van der Waals surface area contributed by atoms with Crippen molar-refractivity contribution in [1.82, 2.24) is 20.1 Å². The van der Waals surface area contributed by atoms with Gasteiger partial charge in [-0.05, 0) is 50.6 Å². The Bertz CT molecular complexity index is 893. The molecule has 148 valence electrons. The summed E-state index contributed by atoms with van der Waals surface area (Å²) < 4.78 is 0.957. The molecule has 0 spiro atoms. The van der Waals surface area contributed by atoms with Crippen LogP contribution in [-0.2, 0) is 0 Å². The number of aromatic nitrogens is 1. The standard InChI is InChI=1S/C21H26N4O2S/c26-20(23-15-8-14-4-7-24(11-14)12-15)18-9-16-17(13-28-19(16)10-22-18)21(27)25-5-2-1-3-6-25/h9-10,13-15H,1-8,11-12H2,(H,23,26)/t14-,15+/m0/s1. The van der Waals surface area contributed by atoms with E-state index >= 15 is 0 Å². The van der Waals surface area contributed by atoms with Crippen LogP contribution in [0.5, 0.6) is 0 Å². The van der Waals surface area contributed by atoms with Gasteiger partial charge < -0.3 is 15.1 Å². The molecule has 3 aliphatic heterocycles. The molecular weight excluding hydrogens is 372 g/mol. The molecule has 2 amide bonds. The van der Waals surface area contributed by atoms with Gasteiger partial charge in [0.25, 0.3) is 11.8 Å². The second kappa shape index (κ2) is 7.44. The van der Waals surface area contributed by atoms with E-state index in [1.54, 1.807) is 12.3 Å². The monoisotopic (exact) mass is 398 g/mol. The third-order valence-corrected chi connectivity index (χ3v) is 7.30. The van der Waals surface area contributed by atoms with E-state index in [0.717, 1.165) is 55.5 Å². The lowest BCUT2D eigenvalue weighted by atomic mass is 9.97. The molecule has 7 heteroatoms. The molecule has 0 radical (unpaired) electrons. The van der Waals surface area contributed by atoms with Gasteiger partial charge in [-0.25, -0.2) is 4.98 Å². The molecule has 3 saturated heterocycles. The van der Waals surface area contributed by atoms with Gasteiger partial charge in [0.15, 0.2) is 0 Å². The fraction of sp³-hybridized carbons (Fsp3) is 0.571. The molecule has 2 aromatic heterocycles. The topological polar surface area (TPSA) is 65.5 Å². The predicted molar refractivity (Wildman–Crippen MR) is 110 cm³/mol. The Morgan fingerprint density at radius 3 is 2.82 bits per heavy atom. The predicted octanol–water partition coefficient (Wildman–Crippen LogP) is 2.75. The molecule has 1 unspecified atom stereocenters. The van der Waals surface area contributed by atoms with Crippen LogP contribution in [0.15, 0.2) is 17.6 Å².